The number of nitriles is 1. The van der Waals surface area contributed by atoms with Crippen LogP contribution in [0.2, 0.25) is 0 Å². The SMILES string of the molecule is COc1ccc(-c2[nH]c(C(F)(F)F)cc2C#N)cc1. The number of alkyl halides is 3. The van der Waals surface area contributed by atoms with Crippen LogP contribution >= 0.6 is 0 Å². The molecule has 0 bridgehead atoms. The summed E-state index contributed by atoms with van der Waals surface area (Å²) in [5, 5.41) is 8.90. The van der Waals surface area contributed by atoms with E-state index in [2.05, 4.69) is 4.98 Å². The van der Waals surface area contributed by atoms with Gasteiger partial charge in [-0.3, -0.25) is 0 Å². The van der Waals surface area contributed by atoms with Gasteiger partial charge in [-0.15, -0.1) is 0 Å². The zero-order valence-electron chi connectivity index (χ0n) is 9.88. The van der Waals surface area contributed by atoms with Gasteiger partial charge in [-0.1, -0.05) is 0 Å². The maximum Gasteiger partial charge on any atom is 0.431 e. The minimum atomic E-state index is -4.50. The number of aromatic nitrogens is 1. The van der Waals surface area contributed by atoms with Crippen molar-refractivity contribution < 1.29 is 17.9 Å². The van der Waals surface area contributed by atoms with Crippen molar-refractivity contribution in [2.45, 2.75) is 6.18 Å². The molecule has 1 aromatic heterocycles. The molecule has 0 unspecified atom stereocenters. The Balaban J connectivity index is 2.49. The van der Waals surface area contributed by atoms with Gasteiger partial charge < -0.3 is 9.72 Å². The normalized spacial score (nSPS) is 11.1. The van der Waals surface area contributed by atoms with Crippen LogP contribution in [0.1, 0.15) is 11.3 Å². The Morgan fingerprint density at radius 1 is 1.21 bits per heavy atom. The minimum absolute atomic E-state index is 0.0440. The van der Waals surface area contributed by atoms with Crippen LogP contribution in [0.4, 0.5) is 13.2 Å². The molecule has 0 saturated heterocycles. The van der Waals surface area contributed by atoms with Crippen LogP contribution < -0.4 is 4.74 Å². The van der Waals surface area contributed by atoms with Gasteiger partial charge in [0.2, 0.25) is 0 Å². The predicted molar refractivity (Wildman–Crippen MR) is 62.5 cm³/mol. The number of hydrogen-bond acceptors (Lipinski definition) is 2. The number of nitrogens with zero attached hydrogens (tertiary/aromatic N) is 1. The van der Waals surface area contributed by atoms with E-state index in [1.807, 2.05) is 0 Å². The predicted octanol–water partition coefficient (Wildman–Crippen LogP) is 3.58. The van der Waals surface area contributed by atoms with Gasteiger partial charge in [0, 0.05) is 0 Å². The molecule has 0 spiro atoms. The minimum Gasteiger partial charge on any atom is -0.497 e. The summed E-state index contributed by atoms with van der Waals surface area (Å²) < 4.78 is 42.7. The second kappa shape index (κ2) is 4.69. The van der Waals surface area contributed by atoms with Gasteiger partial charge in [-0.05, 0) is 35.9 Å². The molecule has 0 aliphatic heterocycles. The van der Waals surface area contributed by atoms with Crippen molar-refractivity contribution in [2.75, 3.05) is 7.11 Å². The third-order valence-corrected chi connectivity index (χ3v) is 2.62. The summed E-state index contributed by atoms with van der Waals surface area (Å²) in [6, 6.07) is 8.97. The van der Waals surface area contributed by atoms with Gasteiger partial charge in [-0.2, -0.15) is 18.4 Å². The maximum absolute atomic E-state index is 12.6. The molecule has 1 aromatic carbocycles. The van der Waals surface area contributed by atoms with E-state index in [-0.39, 0.29) is 11.3 Å². The highest BCUT2D eigenvalue weighted by Gasteiger charge is 2.33. The molecular formula is C13H9F3N2O. The zero-order valence-corrected chi connectivity index (χ0v) is 9.88. The summed E-state index contributed by atoms with van der Waals surface area (Å²) in [5.41, 5.74) is -0.335. The first-order valence-electron chi connectivity index (χ1n) is 5.30. The van der Waals surface area contributed by atoms with Gasteiger partial charge in [0.25, 0.3) is 0 Å². The van der Waals surface area contributed by atoms with Gasteiger partial charge in [0.15, 0.2) is 0 Å². The van der Waals surface area contributed by atoms with Crippen LogP contribution in [0.25, 0.3) is 11.3 Å². The number of hydrogen-bond donors (Lipinski definition) is 1. The Morgan fingerprint density at radius 2 is 1.84 bits per heavy atom. The summed E-state index contributed by atoms with van der Waals surface area (Å²) in [4.78, 5) is 2.24. The molecular weight excluding hydrogens is 257 g/mol. The summed E-state index contributed by atoms with van der Waals surface area (Å²) in [6.45, 7) is 0. The van der Waals surface area contributed by atoms with Crippen molar-refractivity contribution in [3.8, 4) is 23.1 Å². The van der Waals surface area contributed by atoms with E-state index < -0.39 is 11.9 Å². The molecule has 0 aliphatic rings. The van der Waals surface area contributed by atoms with Crippen LogP contribution in [0.5, 0.6) is 5.75 Å². The molecule has 0 atom stereocenters. The van der Waals surface area contributed by atoms with Crippen LogP contribution in [0, 0.1) is 11.3 Å². The fourth-order valence-corrected chi connectivity index (χ4v) is 1.68. The summed E-state index contributed by atoms with van der Waals surface area (Å²) in [6.07, 6.45) is -4.50. The highest BCUT2D eigenvalue weighted by Crippen LogP contribution is 2.33. The van der Waals surface area contributed by atoms with Crippen LogP contribution in [0.3, 0.4) is 0 Å². The number of benzene rings is 1. The van der Waals surface area contributed by atoms with E-state index >= 15 is 0 Å². The van der Waals surface area contributed by atoms with Gasteiger partial charge in [0.1, 0.15) is 17.5 Å². The number of H-pyrrole nitrogens is 1. The van der Waals surface area contributed by atoms with Crippen LogP contribution in [-0.4, -0.2) is 12.1 Å². The molecule has 0 radical (unpaired) electrons. The van der Waals surface area contributed by atoms with Gasteiger partial charge in [0.05, 0.1) is 18.4 Å². The van der Waals surface area contributed by atoms with Crippen LogP contribution in [-0.2, 0) is 6.18 Å². The number of rotatable bonds is 2. The summed E-state index contributed by atoms with van der Waals surface area (Å²) >= 11 is 0. The average Bonchev–Trinajstić information content (AvgIpc) is 2.83. The van der Waals surface area contributed by atoms with E-state index in [1.54, 1.807) is 30.3 Å². The number of ether oxygens (including phenoxy) is 1. The molecule has 1 N–H and O–H groups in total. The molecule has 3 nitrogen and oxygen atoms in total. The smallest absolute Gasteiger partial charge is 0.431 e. The molecule has 0 aliphatic carbocycles. The fraction of sp³-hybridized carbons (Fsp3) is 0.154. The van der Waals surface area contributed by atoms with E-state index in [0.717, 1.165) is 6.07 Å². The quantitative estimate of drug-likeness (QED) is 0.903. The van der Waals surface area contributed by atoms with E-state index in [9.17, 15) is 13.2 Å². The van der Waals surface area contributed by atoms with Gasteiger partial charge >= 0.3 is 6.18 Å². The third kappa shape index (κ3) is 2.55. The third-order valence-electron chi connectivity index (χ3n) is 2.62. The Labute approximate surface area is 107 Å². The highest BCUT2D eigenvalue weighted by atomic mass is 19.4. The largest absolute Gasteiger partial charge is 0.497 e. The van der Waals surface area contributed by atoms with Crippen molar-refractivity contribution in [1.82, 2.24) is 4.98 Å². The number of aromatic amines is 1. The van der Waals surface area contributed by atoms with E-state index in [4.69, 9.17) is 10.00 Å². The second-order valence-corrected chi connectivity index (χ2v) is 3.81. The Kier molecular flexibility index (Phi) is 3.21. The standard InChI is InChI=1S/C13H9F3N2O/c1-19-10-4-2-8(3-5-10)12-9(7-17)6-11(18-12)13(14,15)16/h2-6,18H,1H3. The number of nitrogens with one attached hydrogen (secondary N) is 1. The Bertz CT molecular complexity index is 621. The topological polar surface area (TPSA) is 48.8 Å². The maximum atomic E-state index is 12.6. The number of methoxy groups -OCH3 is 1. The Morgan fingerprint density at radius 3 is 2.32 bits per heavy atom. The molecule has 0 saturated carbocycles. The highest BCUT2D eigenvalue weighted by molar-refractivity contribution is 5.68. The van der Waals surface area contributed by atoms with Crippen molar-refractivity contribution in [2.24, 2.45) is 0 Å². The molecule has 2 aromatic rings. The van der Waals surface area contributed by atoms with Crippen molar-refractivity contribution in [3.05, 3.63) is 41.6 Å². The second-order valence-electron chi connectivity index (χ2n) is 3.81. The van der Waals surface area contributed by atoms with Crippen molar-refractivity contribution in [3.63, 3.8) is 0 Å². The van der Waals surface area contributed by atoms with Gasteiger partial charge in [-0.25, -0.2) is 0 Å². The molecule has 98 valence electrons. The first-order chi connectivity index (χ1) is 8.95. The lowest BCUT2D eigenvalue weighted by Crippen LogP contribution is -2.04. The summed E-state index contributed by atoms with van der Waals surface area (Å²) in [7, 11) is 1.49. The number of halogens is 3. The van der Waals surface area contributed by atoms with Crippen LogP contribution in [0.15, 0.2) is 30.3 Å². The fourth-order valence-electron chi connectivity index (χ4n) is 1.68. The molecule has 19 heavy (non-hydrogen) atoms. The lowest BCUT2D eigenvalue weighted by atomic mass is 10.1. The van der Waals surface area contributed by atoms with E-state index in [1.165, 1.54) is 7.11 Å². The van der Waals surface area contributed by atoms with Crippen molar-refractivity contribution >= 4 is 0 Å². The van der Waals surface area contributed by atoms with Crippen molar-refractivity contribution in [1.29, 1.82) is 5.26 Å². The molecule has 1 heterocycles. The average molecular weight is 266 g/mol. The molecule has 0 amide bonds. The first kappa shape index (κ1) is 13.0. The lowest BCUT2D eigenvalue weighted by molar-refractivity contribution is -0.140. The lowest BCUT2D eigenvalue weighted by Gasteiger charge is -2.04. The first-order valence-corrected chi connectivity index (χ1v) is 5.30. The molecule has 0 fully saturated rings. The Hall–Kier alpha value is -2.42. The monoisotopic (exact) mass is 266 g/mol. The molecule has 2 rings (SSSR count). The van der Waals surface area contributed by atoms with E-state index in [0.29, 0.717) is 11.3 Å². The summed E-state index contributed by atoms with van der Waals surface area (Å²) in [5.74, 6) is 0.588. The zero-order chi connectivity index (χ0) is 14.0. The molecule has 6 heteroatoms.